The van der Waals surface area contributed by atoms with Crippen LogP contribution < -0.4 is 4.90 Å². The number of anilines is 1. The van der Waals surface area contributed by atoms with Crippen molar-refractivity contribution < 1.29 is 4.74 Å². The second kappa shape index (κ2) is 4.82. The summed E-state index contributed by atoms with van der Waals surface area (Å²) in [4.78, 5) is 11.5. The second-order valence-electron chi connectivity index (χ2n) is 5.23. The summed E-state index contributed by atoms with van der Waals surface area (Å²) in [6.07, 6.45) is 3.06. The molecule has 4 nitrogen and oxygen atoms in total. The largest absolute Gasteiger partial charge is 0.377 e. The highest BCUT2D eigenvalue weighted by Crippen LogP contribution is 2.35. The molecule has 0 aliphatic carbocycles. The van der Waals surface area contributed by atoms with E-state index >= 15 is 0 Å². The standard InChI is InChI=1S/C15H14BrN3O/c16-11-3-1-10(2-4-11)15-17-6-5-14(18-15)19-12-7-13(19)9-20-8-12/h1-6,12-13H,7-9H2. The molecule has 2 aliphatic rings. The molecule has 3 heterocycles. The Bertz CT molecular complexity index is 617. The van der Waals surface area contributed by atoms with Crippen LogP contribution in [0, 0.1) is 0 Å². The van der Waals surface area contributed by atoms with Gasteiger partial charge in [-0.25, -0.2) is 9.97 Å². The normalized spacial score (nSPS) is 24.4. The Kier molecular flexibility index (Phi) is 2.97. The minimum atomic E-state index is 0.487. The van der Waals surface area contributed by atoms with Gasteiger partial charge in [0.25, 0.3) is 0 Å². The molecule has 2 aliphatic heterocycles. The third-order valence-corrected chi connectivity index (χ3v) is 4.49. The van der Waals surface area contributed by atoms with Crippen molar-refractivity contribution in [3.8, 4) is 11.4 Å². The molecular formula is C15H14BrN3O. The maximum absolute atomic E-state index is 5.52. The molecule has 102 valence electrons. The Morgan fingerprint density at radius 1 is 1.10 bits per heavy atom. The Hall–Kier alpha value is -1.46. The Labute approximate surface area is 125 Å². The molecule has 2 fully saturated rings. The van der Waals surface area contributed by atoms with Crippen LogP contribution in [0.3, 0.4) is 0 Å². The summed E-state index contributed by atoms with van der Waals surface area (Å²) in [5, 5.41) is 0. The van der Waals surface area contributed by atoms with Gasteiger partial charge in [-0.2, -0.15) is 0 Å². The monoisotopic (exact) mass is 331 g/mol. The number of hydrogen-bond donors (Lipinski definition) is 0. The van der Waals surface area contributed by atoms with Crippen LogP contribution in [0.15, 0.2) is 41.0 Å². The smallest absolute Gasteiger partial charge is 0.161 e. The van der Waals surface area contributed by atoms with Crippen LogP contribution in [-0.2, 0) is 4.74 Å². The molecule has 2 atom stereocenters. The third-order valence-electron chi connectivity index (χ3n) is 3.96. The van der Waals surface area contributed by atoms with Gasteiger partial charge in [-0.15, -0.1) is 0 Å². The van der Waals surface area contributed by atoms with Crippen molar-refractivity contribution in [2.24, 2.45) is 0 Å². The molecule has 0 saturated carbocycles. The summed E-state index contributed by atoms with van der Waals surface area (Å²) >= 11 is 3.45. The van der Waals surface area contributed by atoms with Gasteiger partial charge in [0.1, 0.15) is 5.82 Å². The van der Waals surface area contributed by atoms with Gasteiger partial charge in [0, 0.05) is 16.2 Å². The van der Waals surface area contributed by atoms with Crippen LogP contribution in [0.4, 0.5) is 5.82 Å². The van der Waals surface area contributed by atoms with E-state index in [1.165, 1.54) is 6.42 Å². The third kappa shape index (κ3) is 2.01. The van der Waals surface area contributed by atoms with Gasteiger partial charge < -0.3 is 9.64 Å². The number of benzene rings is 1. The molecule has 1 aromatic carbocycles. The SMILES string of the molecule is Brc1ccc(-c2nccc(N3C4COCC3C4)n2)cc1. The molecule has 5 heteroatoms. The van der Waals surface area contributed by atoms with Gasteiger partial charge in [0.05, 0.1) is 25.3 Å². The summed E-state index contributed by atoms with van der Waals surface area (Å²) < 4.78 is 6.58. The van der Waals surface area contributed by atoms with E-state index in [1.807, 2.05) is 36.5 Å². The first-order chi connectivity index (χ1) is 9.81. The van der Waals surface area contributed by atoms with E-state index in [9.17, 15) is 0 Å². The molecule has 2 saturated heterocycles. The van der Waals surface area contributed by atoms with Crippen LogP contribution in [-0.4, -0.2) is 35.3 Å². The van der Waals surface area contributed by atoms with Crippen LogP contribution in [0.25, 0.3) is 11.4 Å². The average molecular weight is 332 g/mol. The van der Waals surface area contributed by atoms with Crippen molar-refractivity contribution in [1.29, 1.82) is 0 Å². The lowest BCUT2D eigenvalue weighted by Gasteiger charge is -2.53. The number of fused-ring (bicyclic) bond motifs is 2. The lowest BCUT2D eigenvalue weighted by atomic mass is 9.91. The topological polar surface area (TPSA) is 38.2 Å². The molecule has 1 aromatic heterocycles. The number of ether oxygens (including phenoxy) is 1. The quantitative estimate of drug-likeness (QED) is 0.848. The average Bonchev–Trinajstić information content (AvgIpc) is 2.49. The van der Waals surface area contributed by atoms with E-state index in [-0.39, 0.29) is 0 Å². The molecule has 0 radical (unpaired) electrons. The van der Waals surface area contributed by atoms with Gasteiger partial charge >= 0.3 is 0 Å². The van der Waals surface area contributed by atoms with Crippen LogP contribution >= 0.6 is 15.9 Å². The van der Waals surface area contributed by atoms with Gasteiger partial charge in [-0.05, 0) is 24.6 Å². The van der Waals surface area contributed by atoms with E-state index in [1.54, 1.807) is 0 Å². The van der Waals surface area contributed by atoms with Crippen molar-refractivity contribution in [2.75, 3.05) is 18.1 Å². The first-order valence-electron chi connectivity index (χ1n) is 6.76. The maximum Gasteiger partial charge on any atom is 0.161 e. The summed E-state index contributed by atoms with van der Waals surface area (Å²) in [5.74, 6) is 1.79. The highest BCUT2D eigenvalue weighted by atomic mass is 79.9. The summed E-state index contributed by atoms with van der Waals surface area (Å²) in [7, 11) is 0. The fourth-order valence-electron chi connectivity index (χ4n) is 2.94. The van der Waals surface area contributed by atoms with Crippen LogP contribution in [0.2, 0.25) is 0 Å². The van der Waals surface area contributed by atoms with Gasteiger partial charge in [-0.1, -0.05) is 28.1 Å². The van der Waals surface area contributed by atoms with Gasteiger partial charge in [-0.3, -0.25) is 0 Å². The van der Waals surface area contributed by atoms with E-state index in [4.69, 9.17) is 9.72 Å². The van der Waals surface area contributed by atoms with E-state index in [0.717, 1.165) is 34.9 Å². The van der Waals surface area contributed by atoms with Crippen LogP contribution in [0.1, 0.15) is 6.42 Å². The minimum Gasteiger partial charge on any atom is -0.377 e. The molecule has 2 unspecified atom stereocenters. The number of aromatic nitrogens is 2. The number of nitrogens with zero attached hydrogens (tertiary/aromatic N) is 3. The predicted molar refractivity (Wildman–Crippen MR) is 80.7 cm³/mol. The van der Waals surface area contributed by atoms with Crippen molar-refractivity contribution in [2.45, 2.75) is 18.5 Å². The summed E-state index contributed by atoms with van der Waals surface area (Å²) in [6, 6.07) is 11.1. The number of hydrogen-bond acceptors (Lipinski definition) is 4. The summed E-state index contributed by atoms with van der Waals surface area (Å²) in [6.45, 7) is 1.63. The number of halogens is 1. The molecule has 4 rings (SSSR count). The van der Waals surface area contributed by atoms with E-state index < -0.39 is 0 Å². The Morgan fingerprint density at radius 3 is 2.55 bits per heavy atom. The van der Waals surface area contributed by atoms with Gasteiger partial charge in [0.2, 0.25) is 0 Å². The Balaban J connectivity index is 1.66. The minimum absolute atomic E-state index is 0.487. The van der Waals surface area contributed by atoms with Crippen molar-refractivity contribution in [1.82, 2.24) is 9.97 Å². The lowest BCUT2D eigenvalue weighted by Crippen LogP contribution is -2.64. The molecule has 2 aromatic rings. The number of rotatable bonds is 2. The molecule has 2 bridgehead atoms. The van der Waals surface area contributed by atoms with E-state index in [2.05, 4.69) is 25.8 Å². The molecular weight excluding hydrogens is 318 g/mol. The van der Waals surface area contributed by atoms with Crippen molar-refractivity contribution >= 4 is 21.7 Å². The zero-order valence-corrected chi connectivity index (χ0v) is 12.5. The maximum atomic E-state index is 5.52. The van der Waals surface area contributed by atoms with Crippen molar-refractivity contribution in [3.05, 3.63) is 41.0 Å². The number of morpholine rings is 1. The zero-order chi connectivity index (χ0) is 13.5. The lowest BCUT2D eigenvalue weighted by molar-refractivity contribution is 0.00970. The first-order valence-corrected chi connectivity index (χ1v) is 7.55. The first kappa shape index (κ1) is 12.3. The van der Waals surface area contributed by atoms with Gasteiger partial charge in [0.15, 0.2) is 5.82 Å². The molecule has 0 N–H and O–H groups in total. The molecule has 0 spiro atoms. The van der Waals surface area contributed by atoms with Crippen molar-refractivity contribution in [3.63, 3.8) is 0 Å². The fraction of sp³-hybridized carbons (Fsp3) is 0.333. The Morgan fingerprint density at radius 2 is 1.85 bits per heavy atom. The zero-order valence-electron chi connectivity index (χ0n) is 10.9. The second-order valence-corrected chi connectivity index (χ2v) is 6.15. The predicted octanol–water partition coefficient (Wildman–Crippen LogP) is 2.88. The summed E-state index contributed by atoms with van der Waals surface area (Å²) in [5.41, 5.74) is 1.04. The molecule has 0 amide bonds. The molecule has 20 heavy (non-hydrogen) atoms. The highest BCUT2D eigenvalue weighted by Gasteiger charge is 2.43. The van der Waals surface area contributed by atoms with E-state index in [0.29, 0.717) is 12.1 Å². The highest BCUT2D eigenvalue weighted by molar-refractivity contribution is 9.10. The fourth-order valence-corrected chi connectivity index (χ4v) is 3.21. The van der Waals surface area contributed by atoms with Crippen LogP contribution in [0.5, 0.6) is 0 Å².